The minimum Gasteiger partial charge on any atom is -0.497 e. The van der Waals surface area contributed by atoms with Crippen molar-refractivity contribution in [3.05, 3.63) is 86.5 Å². The van der Waals surface area contributed by atoms with Crippen molar-refractivity contribution in [1.82, 2.24) is 0 Å². The molecule has 0 aliphatic heterocycles. The smallest absolute Gasteiger partial charge is 0.352 e. The molecule has 0 saturated carbocycles. The van der Waals surface area contributed by atoms with E-state index in [-0.39, 0.29) is 22.3 Å². The summed E-state index contributed by atoms with van der Waals surface area (Å²) in [5, 5.41) is 0.965. The van der Waals surface area contributed by atoms with Crippen molar-refractivity contribution >= 4 is 40.1 Å². The maximum Gasteiger partial charge on any atom is 0.352 e. The number of esters is 1. The lowest BCUT2D eigenvalue weighted by Crippen LogP contribution is -2.30. The molecule has 4 rings (SSSR count). The lowest BCUT2D eigenvalue weighted by atomic mass is 10.1. The van der Waals surface area contributed by atoms with E-state index < -0.39 is 17.5 Å². The molecule has 0 radical (unpaired) electrons. The number of hydrogen-bond acceptors (Lipinski definition) is 6. The fraction of sp³-hybridized carbons (Fsp3) is 0.154. The molecule has 8 heteroatoms. The predicted octanol–water partition coefficient (Wildman–Crippen LogP) is 6.46. The van der Waals surface area contributed by atoms with Gasteiger partial charge in [-0.3, -0.25) is 4.79 Å². The lowest BCUT2D eigenvalue weighted by Gasteiger charge is -2.16. The second-order valence-electron chi connectivity index (χ2n) is 7.57. The monoisotopic (exact) mass is 498 g/mol. The molecular weight excluding hydrogens is 479 g/mol. The highest BCUT2D eigenvalue weighted by molar-refractivity contribution is 6.35. The van der Waals surface area contributed by atoms with Gasteiger partial charge in [-0.2, -0.15) is 0 Å². The van der Waals surface area contributed by atoms with Crippen molar-refractivity contribution < 1.29 is 23.4 Å². The molecule has 0 aliphatic carbocycles. The van der Waals surface area contributed by atoms with E-state index in [1.165, 1.54) is 13.0 Å². The first-order chi connectivity index (χ1) is 16.3. The van der Waals surface area contributed by atoms with Gasteiger partial charge in [-0.05, 0) is 74.0 Å². The average molecular weight is 499 g/mol. The first kappa shape index (κ1) is 23.7. The molecule has 1 heterocycles. The largest absolute Gasteiger partial charge is 0.497 e. The molecule has 174 valence electrons. The third-order valence-corrected chi connectivity index (χ3v) is 5.62. The third-order valence-electron chi connectivity index (χ3n) is 5.09. The van der Waals surface area contributed by atoms with Gasteiger partial charge >= 0.3 is 5.97 Å². The minimum absolute atomic E-state index is 0.121. The van der Waals surface area contributed by atoms with Crippen LogP contribution in [0.2, 0.25) is 10.0 Å². The van der Waals surface area contributed by atoms with Crippen molar-refractivity contribution in [1.29, 1.82) is 0 Å². The number of fused-ring (bicyclic) bond motifs is 1. The van der Waals surface area contributed by atoms with Crippen LogP contribution in [0, 0.1) is 6.92 Å². The van der Waals surface area contributed by atoms with Gasteiger partial charge in [-0.15, -0.1) is 0 Å². The van der Waals surface area contributed by atoms with Gasteiger partial charge in [0.15, 0.2) is 11.9 Å². The number of halogens is 2. The summed E-state index contributed by atoms with van der Waals surface area (Å²) < 4.78 is 22.4. The molecule has 0 aliphatic rings. The second-order valence-corrected chi connectivity index (χ2v) is 8.42. The van der Waals surface area contributed by atoms with Crippen LogP contribution in [0.25, 0.3) is 22.3 Å². The Bertz CT molecular complexity index is 1430. The topological polar surface area (TPSA) is 75.0 Å². The fourth-order valence-corrected chi connectivity index (χ4v) is 3.75. The second kappa shape index (κ2) is 9.79. The third kappa shape index (κ3) is 4.88. The van der Waals surface area contributed by atoms with Gasteiger partial charge in [-0.25, -0.2) is 4.79 Å². The lowest BCUT2D eigenvalue weighted by molar-refractivity contribution is -0.141. The van der Waals surface area contributed by atoms with E-state index in [1.54, 1.807) is 61.7 Å². The van der Waals surface area contributed by atoms with Crippen molar-refractivity contribution in [2.75, 3.05) is 7.11 Å². The Morgan fingerprint density at radius 3 is 2.41 bits per heavy atom. The normalized spacial score (nSPS) is 11.8. The number of hydrogen-bond donors (Lipinski definition) is 0. The Labute approximate surface area is 205 Å². The van der Waals surface area contributed by atoms with Crippen LogP contribution in [0.5, 0.6) is 17.2 Å². The number of ether oxygens (including phenoxy) is 3. The van der Waals surface area contributed by atoms with E-state index >= 15 is 0 Å². The molecule has 0 bridgehead atoms. The zero-order valence-electron chi connectivity index (χ0n) is 18.6. The van der Waals surface area contributed by atoms with Gasteiger partial charge in [0.2, 0.25) is 11.2 Å². The van der Waals surface area contributed by atoms with Gasteiger partial charge in [0, 0.05) is 10.6 Å². The maximum atomic E-state index is 13.3. The quantitative estimate of drug-likeness (QED) is 0.284. The highest BCUT2D eigenvalue weighted by Crippen LogP contribution is 2.33. The van der Waals surface area contributed by atoms with Crippen molar-refractivity contribution in [2.45, 2.75) is 20.0 Å². The molecule has 6 nitrogen and oxygen atoms in total. The number of methoxy groups -OCH3 is 1. The molecule has 3 aromatic carbocycles. The molecule has 0 spiro atoms. The Morgan fingerprint density at radius 1 is 1.00 bits per heavy atom. The molecule has 0 amide bonds. The molecule has 0 fully saturated rings. The molecule has 4 aromatic rings. The molecule has 1 aromatic heterocycles. The summed E-state index contributed by atoms with van der Waals surface area (Å²) in [6, 6.07) is 16.7. The van der Waals surface area contributed by atoms with Crippen molar-refractivity contribution in [2.24, 2.45) is 0 Å². The summed E-state index contributed by atoms with van der Waals surface area (Å²) in [6.07, 6.45) is -1.07. The van der Waals surface area contributed by atoms with Crippen molar-refractivity contribution in [3.8, 4) is 28.6 Å². The van der Waals surface area contributed by atoms with Crippen LogP contribution in [-0.2, 0) is 4.79 Å². The molecule has 34 heavy (non-hydrogen) atoms. The van der Waals surface area contributed by atoms with Crippen LogP contribution >= 0.6 is 23.2 Å². The predicted molar refractivity (Wildman–Crippen MR) is 131 cm³/mol. The highest BCUT2D eigenvalue weighted by atomic mass is 35.5. The first-order valence-corrected chi connectivity index (χ1v) is 11.1. The van der Waals surface area contributed by atoms with E-state index in [2.05, 4.69) is 0 Å². The first-order valence-electron chi connectivity index (χ1n) is 10.3. The van der Waals surface area contributed by atoms with Gasteiger partial charge in [0.1, 0.15) is 17.1 Å². The molecular formula is C26H20Cl2O6. The Morgan fingerprint density at radius 2 is 1.74 bits per heavy atom. The number of benzene rings is 3. The van der Waals surface area contributed by atoms with Crippen LogP contribution in [0.1, 0.15) is 12.5 Å². The summed E-state index contributed by atoms with van der Waals surface area (Å²) in [5.41, 5.74) is 1.37. The number of carbonyl (C=O) groups is 1. The van der Waals surface area contributed by atoms with Crippen molar-refractivity contribution in [3.63, 3.8) is 0 Å². The Kier molecular flexibility index (Phi) is 6.82. The SMILES string of the molecule is COc1ccc(-c2oc3cc(C)ccc3c(=O)c2OC(=O)C(C)Oc2ccc(Cl)cc2Cl)cc1. The van der Waals surface area contributed by atoms with Crippen LogP contribution < -0.4 is 19.6 Å². The molecule has 1 atom stereocenters. The zero-order chi connectivity index (χ0) is 24.4. The summed E-state index contributed by atoms with van der Waals surface area (Å²) in [4.78, 5) is 26.2. The Hall–Kier alpha value is -3.48. The minimum atomic E-state index is -1.07. The zero-order valence-corrected chi connectivity index (χ0v) is 20.1. The molecule has 0 N–H and O–H groups in total. The average Bonchev–Trinajstić information content (AvgIpc) is 2.82. The Balaban J connectivity index is 1.73. The van der Waals surface area contributed by atoms with E-state index in [9.17, 15) is 9.59 Å². The van der Waals surface area contributed by atoms with Crippen LogP contribution in [0.3, 0.4) is 0 Å². The van der Waals surface area contributed by atoms with Gasteiger partial charge in [-0.1, -0.05) is 29.3 Å². The van der Waals surface area contributed by atoms with Gasteiger partial charge in [0.25, 0.3) is 0 Å². The number of carbonyl (C=O) groups excluding carboxylic acids is 1. The van der Waals surface area contributed by atoms with Crippen LogP contribution in [0.15, 0.2) is 69.9 Å². The number of rotatable bonds is 6. The van der Waals surface area contributed by atoms with E-state index in [0.717, 1.165) is 5.56 Å². The van der Waals surface area contributed by atoms with Crippen LogP contribution in [0.4, 0.5) is 0 Å². The van der Waals surface area contributed by atoms with Gasteiger partial charge < -0.3 is 18.6 Å². The van der Waals surface area contributed by atoms with E-state index in [4.69, 9.17) is 41.8 Å². The van der Waals surface area contributed by atoms with E-state index in [1.807, 2.05) is 6.92 Å². The summed E-state index contributed by atoms with van der Waals surface area (Å²) in [5.74, 6) is -0.0189. The highest BCUT2D eigenvalue weighted by Gasteiger charge is 2.25. The number of aryl methyl sites for hydroxylation is 1. The maximum absolute atomic E-state index is 13.3. The fourth-order valence-electron chi connectivity index (χ4n) is 3.30. The standard InChI is InChI=1S/C26H20Cl2O6/c1-14-4-10-19-22(12-14)33-24(16-5-8-18(31-3)9-6-16)25(23(19)29)34-26(30)15(2)32-21-11-7-17(27)13-20(21)28/h4-13,15H,1-3H3. The summed E-state index contributed by atoms with van der Waals surface area (Å²) in [7, 11) is 1.55. The van der Waals surface area contributed by atoms with Gasteiger partial charge in [0.05, 0.1) is 17.5 Å². The summed E-state index contributed by atoms with van der Waals surface area (Å²) >= 11 is 12.0. The molecule has 1 unspecified atom stereocenters. The van der Waals surface area contributed by atoms with Crippen LogP contribution in [-0.4, -0.2) is 19.2 Å². The summed E-state index contributed by atoms with van der Waals surface area (Å²) in [6.45, 7) is 3.38. The molecule has 0 saturated heterocycles. The van der Waals surface area contributed by atoms with E-state index in [0.29, 0.717) is 27.3 Å².